The smallest absolute Gasteiger partial charge is 0.0261 e. The number of alkyl halides is 1. The number of likely N-dealkylation sites (tertiary alicyclic amines) is 1. The zero-order chi connectivity index (χ0) is 10.4. The minimum absolute atomic E-state index is 0.611. The second kappa shape index (κ2) is 6.65. The van der Waals surface area contributed by atoms with E-state index in [-0.39, 0.29) is 0 Å². The van der Waals surface area contributed by atoms with Crippen molar-refractivity contribution in [3.8, 4) is 0 Å². The molecule has 1 atom stereocenters. The summed E-state index contributed by atoms with van der Waals surface area (Å²) < 4.78 is 0. The third kappa shape index (κ3) is 4.63. The van der Waals surface area contributed by atoms with Gasteiger partial charge in [-0.05, 0) is 38.9 Å². The molecule has 0 aromatic heterocycles. The molecule has 0 N–H and O–H groups in total. The molecule has 0 saturated carbocycles. The van der Waals surface area contributed by atoms with Gasteiger partial charge in [0, 0.05) is 25.5 Å². The van der Waals surface area contributed by atoms with Crippen molar-refractivity contribution in [3.05, 3.63) is 0 Å². The van der Waals surface area contributed by atoms with Gasteiger partial charge < -0.3 is 9.80 Å². The normalized spacial score (nSPS) is 20.6. The van der Waals surface area contributed by atoms with Crippen LogP contribution in [0.25, 0.3) is 0 Å². The van der Waals surface area contributed by atoms with Crippen molar-refractivity contribution in [2.45, 2.75) is 19.8 Å². The van der Waals surface area contributed by atoms with Crippen LogP contribution >= 0.6 is 11.6 Å². The van der Waals surface area contributed by atoms with Crippen LogP contribution in [0.1, 0.15) is 19.8 Å². The summed E-state index contributed by atoms with van der Waals surface area (Å²) >= 11 is 5.79. The minimum atomic E-state index is 0.611. The van der Waals surface area contributed by atoms with E-state index < -0.39 is 0 Å². The summed E-state index contributed by atoms with van der Waals surface area (Å²) in [6, 6.07) is 0. The molecule has 0 radical (unpaired) electrons. The summed E-state index contributed by atoms with van der Waals surface area (Å²) in [5.41, 5.74) is 0. The standard InChI is InChI=1S/C11H23ClN2/c1-11(9-12)10-13(2)7-8-14-5-3-4-6-14/h11H,3-10H2,1-2H3. The van der Waals surface area contributed by atoms with E-state index in [0.29, 0.717) is 5.92 Å². The van der Waals surface area contributed by atoms with Gasteiger partial charge in [-0.1, -0.05) is 6.92 Å². The highest BCUT2D eigenvalue weighted by Gasteiger charge is 2.12. The number of halogens is 1. The van der Waals surface area contributed by atoms with E-state index in [9.17, 15) is 0 Å². The van der Waals surface area contributed by atoms with E-state index in [1.54, 1.807) is 0 Å². The largest absolute Gasteiger partial charge is 0.305 e. The molecule has 0 amide bonds. The molecule has 1 saturated heterocycles. The summed E-state index contributed by atoms with van der Waals surface area (Å²) in [7, 11) is 2.19. The molecule has 1 fully saturated rings. The predicted molar refractivity (Wildman–Crippen MR) is 63.1 cm³/mol. The van der Waals surface area contributed by atoms with Gasteiger partial charge in [-0.25, -0.2) is 0 Å². The summed E-state index contributed by atoms with van der Waals surface area (Å²) in [4.78, 5) is 4.95. The van der Waals surface area contributed by atoms with Crippen LogP contribution in [-0.4, -0.2) is 55.5 Å². The number of nitrogens with zero attached hydrogens (tertiary/aromatic N) is 2. The fourth-order valence-electron chi connectivity index (χ4n) is 1.99. The zero-order valence-corrected chi connectivity index (χ0v) is 10.3. The van der Waals surface area contributed by atoms with Crippen molar-refractivity contribution in [3.63, 3.8) is 0 Å². The Kier molecular flexibility index (Phi) is 5.83. The summed E-state index contributed by atoms with van der Waals surface area (Å²) in [6.45, 7) is 8.35. The van der Waals surface area contributed by atoms with Crippen LogP contribution in [0.3, 0.4) is 0 Å². The van der Waals surface area contributed by atoms with Crippen LogP contribution in [0.4, 0.5) is 0 Å². The molecule has 14 heavy (non-hydrogen) atoms. The Morgan fingerprint density at radius 3 is 2.57 bits per heavy atom. The second-order valence-corrected chi connectivity index (χ2v) is 4.88. The number of rotatable bonds is 6. The van der Waals surface area contributed by atoms with Crippen LogP contribution in [0.15, 0.2) is 0 Å². The summed E-state index contributed by atoms with van der Waals surface area (Å²) in [5.74, 6) is 1.38. The fourth-order valence-corrected chi connectivity index (χ4v) is 2.09. The zero-order valence-electron chi connectivity index (χ0n) is 9.51. The van der Waals surface area contributed by atoms with Gasteiger partial charge in [0.15, 0.2) is 0 Å². The molecule has 1 aliphatic rings. The van der Waals surface area contributed by atoms with Crippen molar-refractivity contribution < 1.29 is 0 Å². The lowest BCUT2D eigenvalue weighted by Gasteiger charge is -2.23. The number of hydrogen-bond donors (Lipinski definition) is 0. The van der Waals surface area contributed by atoms with Gasteiger partial charge in [0.05, 0.1) is 0 Å². The Balaban J connectivity index is 2.04. The minimum Gasteiger partial charge on any atom is -0.305 e. The van der Waals surface area contributed by atoms with Gasteiger partial charge in [0.25, 0.3) is 0 Å². The van der Waals surface area contributed by atoms with Crippen LogP contribution in [0.5, 0.6) is 0 Å². The molecule has 0 aliphatic carbocycles. The van der Waals surface area contributed by atoms with E-state index >= 15 is 0 Å². The van der Waals surface area contributed by atoms with Gasteiger partial charge in [-0.2, -0.15) is 0 Å². The molecule has 1 rings (SSSR count). The third-order valence-electron chi connectivity index (χ3n) is 2.88. The Morgan fingerprint density at radius 2 is 2.00 bits per heavy atom. The van der Waals surface area contributed by atoms with Crippen molar-refractivity contribution in [1.82, 2.24) is 9.80 Å². The van der Waals surface area contributed by atoms with Crippen molar-refractivity contribution in [2.24, 2.45) is 5.92 Å². The second-order valence-electron chi connectivity index (χ2n) is 4.57. The molecule has 1 heterocycles. The molecule has 2 nitrogen and oxygen atoms in total. The van der Waals surface area contributed by atoms with Crippen molar-refractivity contribution in [1.29, 1.82) is 0 Å². The molecule has 1 aliphatic heterocycles. The fraction of sp³-hybridized carbons (Fsp3) is 1.00. The lowest BCUT2D eigenvalue weighted by atomic mass is 10.2. The first kappa shape index (κ1) is 12.3. The van der Waals surface area contributed by atoms with Gasteiger partial charge in [0.2, 0.25) is 0 Å². The average Bonchev–Trinajstić information content (AvgIpc) is 2.67. The molecule has 84 valence electrons. The van der Waals surface area contributed by atoms with Gasteiger partial charge in [0.1, 0.15) is 0 Å². The molecule has 0 spiro atoms. The quantitative estimate of drug-likeness (QED) is 0.629. The predicted octanol–water partition coefficient (Wildman–Crippen LogP) is 1.89. The van der Waals surface area contributed by atoms with Crippen LogP contribution in [-0.2, 0) is 0 Å². The van der Waals surface area contributed by atoms with Crippen molar-refractivity contribution >= 4 is 11.6 Å². The van der Waals surface area contributed by atoms with E-state index in [0.717, 1.165) is 12.4 Å². The summed E-state index contributed by atoms with van der Waals surface area (Å²) in [6.07, 6.45) is 2.78. The highest BCUT2D eigenvalue weighted by atomic mass is 35.5. The monoisotopic (exact) mass is 218 g/mol. The van der Waals surface area contributed by atoms with Gasteiger partial charge in [-0.3, -0.25) is 0 Å². The lowest BCUT2D eigenvalue weighted by Crippen LogP contribution is -2.34. The summed E-state index contributed by atoms with van der Waals surface area (Å²) in [5, 5.41) is 0. The molecule has 0 aromatic rings. The van der Waals surface area contributed by atoms with Gasteiger partial charge >= 0.3 is 0 Å². The molecule has 3 heteroatoms. The molecular weight excluding hydrogens is 196 g/mol. The first-order chi connectivity index (χ1) is 6.72. The van der Waals surface area contributed by atoms with E-state index in [2.05, 4.69) is 23.8 Å². The SMILES string of the molecule is CC(CCl)CN(C)CCN1CCCC1. The van der Waals surface area contributed by atoms with Crippen LogP contribution in [0.2, 0.25) is 0 Å². The highest BCUT2D eigenvalue weighted by Crippen LogP contribution is 2.07. The number of likely N-dealkylation sites (N-methyl/N-ethyl adjacent to an activating group) is 1. The van der Waals surface area contributed by atoms with Gasteiger partial charge in [-0.15, -0.1) is 11.6 Å². The Labute approximate surface area is 93.2 Å². The third-order valence-corrected chi connectivity index (χ3v) is 3.41. The van der Waals surface area contributed by atoms with E-state index in [4.69, 9.17) is 11.6 Å². The Morgan fingerprint density at radius 1 is 1.36 bits per heavy atom. The Hall–Kier alpha value is 0.210. The molecule has 0 aromatic carbocycles. The van der Waals surface area contributed by atoms with Crippen LogP contribution < -0.4 is 0 Å². The molecule has 0 bridgehead atoms. The maximum Gasteiger partial charge on any atom is 0.0261 e. The van der Waals surface area contributed by atoms with Crippen LogP contribution in [0, 0.1) is 5.92 Å². The highest BCUT2D eigenvalue weighted by molar-refractivity contribution is 6.18. The van der Waals surface area contributed by atoms with E-state index in [1.165, 1.54) is 39.0 Å². The first-order valence-corrected chi connectivity index (χ1v) is 6.22. The number of hydrogen-bond acceptors (Lipinski definition) is 2. The topological polar surface area (TPSA) is 6.48 Å². The lowest BCUT2D eigenvalue weighted by molar-refractivity contribution is 0.241. The maximum absolute atomic E-state index is 5.79. The van der Waals surface area contributed by atoms with E-state index in [1.807, 2.05) is 0 Å². The first-order valence-electron chi connectivity index (χ1n) is 5.69. The average molecular weight is 219 g/mol. The maximum atomic E-state index is 5.79. The molecule has 1 unspecified atom stereocenters. The van der Waals surface area contributed by atoms with Crippen molar-refractivity contribution in [2.75, 3.05) is 45.7 Å². The molecular formula is C11H23ClN2. The Bertz CT molecular complexity index is 146.